The summed E-state index contributed by atoms with van der Waals surface area (Å²) in [7, 11) is 0. The van der Waals surface area contributed by atoms with Crippen LogP contribution >= 0.6 is 15.9 Å². The standard InChI is InChI=1S/C13H9BrN2/c14-10-4-1-3-9(7-10)12-8-13-11(16-12)5-2-6-15-13/h1-8,16H. The van der Waals surface area contributed by atoms with E-state index in [0.29, 0.717) is 0 Å². The molecule has 2 aromatic heterocycles. The Kier molecular flexibility index (Phi) is 2.26. The Morgan fingerprint density at radius 2 is 2.00 bits per heavy atom. The molecule has 0 unspecified atom stereocenters. The van der Waals surface area contributed by atoms with E-state index in [1.165, 1.54) is 0 Å². The molecule has 3 aromatic rings. The Morgan fingerprint density at radius 1 is 1.06 bits per heavy atom. The predicted octanol–water partition coefficient (Wildman–Crippen LogP) is 3.99. The fourth-order valence-electron chi connectivity index (χ4n) is 1.77. The van der Waals surface area contributed by atoms with E-state index in [2.05, 4.69) is 44.1 Å². The molecule has 2 nitrogen and oxygen atoms in total. The summed E-state index contributed by atoms with van der Waals surface area (Å²) >= 11 is 3.47. The Balaban J connectivity index is 2.19. The third kappa shape index (κ3) is 1.63. The molecular weight excluding hydrogens is 264 g/mol. The number of hydrogen-bond acceptors (Lipinski definition) is 1. The highest BCUT2D eigenvalue weighted by molar-refractivity contribution is 9.10. The van der Waals surface area contributed by atoms with Gasteiger partial charge in [-0.15, -0.1) is 0 Å². The molecule has 1 N–H and O–H groups in total. The first-order valence-electron chi connectivity index (χ1n) is 5.02. The maximum Gasteiger partial charge on any atom is 0.0885 e. The highest BCUT2D eigenvalue weighted by atomic mass is 79.9. The summed E-state index contributed by atoms with van der Waals surface area (Å²) in [4.78, 5) is 7.66. The minimum Gasteiger partial charge on any atom is -0.353 e. The third-order valence-corrected chi connectivity index (χ3v) is 3.02. The zero-order valence-corrected chi connectivity index (χ0v) is 10.0. The monoisotopic (exact) mass is 272 g/mol. The highest BCUT2D eigenvalue weighted by Crippen LogP contribution is 2.24. The van der Waals surface area contributed by atoms with Gasteiger partial charge in [0.05, 0.1) is 11.0 Å². The Hall–Kier alpha value is -1.61. The van der Waals surface area contributed by atoms with Gasteiger partial charge in [0.2, 0.25) is 0 Å². The van der Waals surface area contributed by atoms with Crippen LogP contribution in [0.3, 0.4) is 0 Å². The van der Waals surface area contributed by atoms with E-state index in [9.17, 15) is 0 Å². The molecule has 0 saturated carbocycles. The molecule has 0 aliphatic rings. The van der Waals surface area contributed by atoms with E-state index in [1.807, 2.05) is 24.3 Å². The Labute approximate surface area is 101 Å². The number of benzene rings is 1. The number of aromatic amines is 1. The van der Waals surface area contributed by atoms with Crippen LogP contribution in [-0.4, -0.2) is 9.97 Å². The van der Waals surface area contributed by atoms with Gasteiger partial charge in [-0.2, -0.15) is 0 Å². The summed E-state index contributed by atoms with van der Waals surface area (Å²) in [5.74, 6) is 0. The molecule has 1 aromatic carbocycles. The topological polar surface area (TPSA) is 28.7 Å². The molecule has 0 fully saturated rings. The van der Waals surface area contributed by atoms with E-state index in [4.69, 9.17) is 0 Å². The van der Waals surface area contributed by atoms with Crippen LogP contribution in [0.1, 0.15) is 0 Å². The largest absolute Gasteiger partial charge is 0.353 e. The van der Waals surface area contributed by atoms with Crippen LogP contribution in [0.5, 0.6) is 0 Å². The molecule has 3 heteroatoms. The second-order valence-corrected chi connectivity index (χ2v) is 4.55. The van der Waals surface area contributed by atoms with Crippen LogP contribution in [0.25, 0.3) is 22.3 Å². The van der Waals surface area contributed by atoms with Crippen molar-refractivity contribution in [1.29, 1.82) is 0 Å². The van der Waals surface area contributed by atoms with Crippen molar-refractivity contribution in [2.24, 2.45) is 0 Å². The number of fused-ring (bicyclic) bond motifs is 1. The van der Waals surface area contributed by atoms with Crippen LogP contribution < -0.4 is 0 Å². The van der Waals surface area contributed by atoms with Crippen LogP contribution in [0.2, 0.25) is 0 Å². The van der Waals surface area contributed by atoms with Gasteiger partial charge in [-0.3, -0.25) is 4.98 Å². The number of rotatable bonds is 1. The maximum absolute atomic E-state index is 4.31. The summed E-state index contributed by atoms with van der Waals surface area (Å²) in [6.07, 6.45) is 1.81. The first kappa shape index (κ1) is 9.60. The lowest BCUT2D eigenvalue weighted by atomic mass is 10.2. The molecule has 0 aliphatic carbocycles. The summed E-state index contributed by atoms with van der Waals surface area (Å²) in [5, 5.41) is 0. The number of H-pyrrole nitrogens is 1. The third-order valence-electron chi connectivity index (χ3n) is 2.52. The number of aromatic nitrogens is 2. The second kappa shape index (κ2) is 3.76. The van der Waals surface area contributed by atoms with Crippen molar-refractivity contribution in [2.75, 3.05) is 0 Å². The molecule has 0 atom stereocenters. The average molecular weight is 273 g/mol. The van der Waals surface area contributed by atoms with Gasteiger partial charge >= 0.3 is 0 Å². The Morgan fingerprint density at radius 3 is 2.81 bits per heavy atom. The van der Waals surface area contributed by atoms with E-state index in [0.717, 1.165) is 26.8 Å². The van der Waals surface area contributed by atoms with Crippen molar-refractivity contribution in [2.45, 2.75) is 0 Å². The molecule has 3 rings (SSSR count). The lowest BCUT2D eigenvalue weighted by molar-refractivity contribution is 1.40. The van der Waals surface area contributed by atoms with Crippen molar-refractivity contribution >= 4 is 27.0 Å². The number of pyridine rings is 1. The fourth-order valence-corrected chi connectivity index (χ4v) is 2.17. The molecule has 78 valence electrons. The minimum atomic E-state index is 0.998. The SMILES string of the molecule is Brc1cccc(-c2cc3ncccc3[nH]2)c1. The Bertz CT molecular complexity index is 610. The van der Waals surface area contributed by atoms with Gasteiger partial charge in [-0.25, -0.2) is 0 Å². The zero-order chi connectivity index (χ0) is 11.0. The van der Waals surface area contributed by atoms with Crippen molar-refractivity contribution in [3.05, 3.63) is 53.1 Å². The van der Waals surface area contributed by atoms with Crippen molar-refractivity contribution < 1.29 is 0 Å². The summed E-state index contributed by atoms with van der Waals surface area (Å²) in [5.41, 5.74) is 4.32. The molecule has 0 bridgehead atoms. The number of hydrogen-bond donors (Lipinski definition) is 1. The average Bonchev–Trinajstić information content (AvgIpc) is 2.72. The van der Waals surface area contributed by atoms with Gasteiger partial charge in [0, 0.05) is 16.4 Å². The first-order chi connectivity index (χ1) is 7.83. The molecule has 0 amide bonds. The quantitative estimate of drug-likeness (QED) is 0.713. The lowest BCUT2D eigenvalue weighted by Crippen LogP contribution is -1.76. The fraction of sp³-hybridized carbons (Fsp3) is 0. The van der Waals surface area contributed by atoms with E-state index < -0.39 is 0 Å². The molecule has 0 radical (unpaired) electrons. The van der Waals surface area contributed by atoms with Gasteiger partial charge in [0.1, 0.15) is 0 Å². The summed E-state index contributed by atoms with van der Waals surface area (Å²) in [6.45, 7) is 0. The molecule has 2 heterocycles. The second-order valence-electron chi connectivity index (χ2n) is 3.63. The molecule has 0 aliphatic heterocycles. The normalized spacial score (nSPS) is 10.8. The molecule has 0 saturated heterocycles. The van der Waals surface area contributed by atoms with E-state index in [-0.39, 0.29) is 0 Å². The highest BCUT2D eigenvalue weighted by Gasteiger charge is 2.03. The van der Waals surface area contributed by atoms with Crippen molar-refractivity contribution in [1.82, 2.24) is 9.97 Å². The summed E-state index contributed by atoms with van der Waals surface area (Å²) in [6, 6.07) is 14.2. The first-order valence-corrected chi connectivity index (χ1v) is 5.82. The minimum absolute atomic E-state index is 0.998. The van der Waals surface area contributed by atoms with E-state index in [1.54, 1.807) is 6.20 Å². The van der Waals surface area contributed by atoms with Gasteiger partial charge in [0.15, 0.2) is 0 Å². The van der Waals surface area contributed by atoms with Crippen LogP contribution in [0, 0.1) is 0 Å². The molecule has 0 spiro atoms. The molecular formula is C13H9BrN2. The smallest absolute Gasteiger partial charge is 0.0885 e. The number of nitrogens with one attached hydrogen (secondary N) is 1. The van der Waals surface area contributed by atoms with Crippen molar-refractivity contribution in [3.8, 4) is 11.3 Å². The summed E-state index contributed by atoms with van der Waals surface area (Å²) < 4.78 is 1.08. The maximum atomic E-state index is 4.31. The van der Waals surface area contributed by atoms with Gasteiger partial charge in [-0.1, -0.05) is 28.1 Å². The van der Waals surface area contributed by atoms with Gasteiger partial charge < -0.3 is 4.98 Å². The zero-order valence-electron chi connectivity index (χ0n) is 8.44. The van der Waals surface area contributed by atoms with Gasteiger partial charge in [0.25, 0.3) is 0 Å². The number of halogens is 1. The predicted molar refractivity (Wildman–Crippen MR) is 69.2 cm³/mol. The van der Waals surface area contributed by atoms with Crippen LogP contribution in [0.4, 0.5) is 0 Å². The van der Waals surface area contributed by atoms with Gasteiger partial charge in [-0.05, 0) is 35.9 Å². The van der Waals surface area contributed by atoms with Crippen LogP contribution in [-0.2, 0) is 0 Å². The van der Waals surface area contributed by atoms with E-state index >= 15 is 0 Å². The van der Waals surface area contributed by atoms with Crippen molar-refractivity contribution in [3.63, 3.8) is 0 Å². The van der Waals surface area contributed by atoms with Crippen LogP contribution in [0.15, 0.2) is 53.1 Å². The molecule has 16 heavy (non-hydrogen) atoms. The number of nitrogens with zero attached hydrogens (tertiary/aromatic N) is 1. The lowest BCUT2D eigenvalue weighted by Gasteiger charge is -1.97.